The van der Waals surface area contributed by atoms with Gasteiger partial charge in [-0.2, -0.15) is 0 Å². The summed E-state index contributed by atoms with van der Waals surface area (Å²) in [7, 11) is 0. The van der Waals surface area contributed by atoms with Gasteiger partial charge in [0, 0.05) is 10.7 Å². The highest BCUT2D eigenvalue weighted by molar-refractivity contribution is 6.37. The minimum Gasteiger partial charge on any atom is -0.322 e. The van der Waals surface area contributed by atoms with Crippen LogP contribution < -0.4 is 5.32 Å². The minimum atomic E-state index is -0.421. The molecule has 5 heteroatoms. The molecule has 0 unspecified atom stereocenters. The summed E-state index contributed by atoms with van der Waals surface area (Å²) in [6.07, 6.45) is 0. The lowest BCUT2D eigenvalue weighted by Gasteiger charge is -2.07. The van der Waals surface area contributed by atoms with E-state index in [1.807, 2.05) is 0 Å². The number of anilines is 1. The summed E-state index contributed by atoms with van der Waals surface area (Å²) in [5.74, 6) is -0.836. The SMILES string of the molecule is O=C(Nc1cccc(F)c1)c1ccc(Cl)cc1Cl. The van der Waals surface area contributed by atoms with Crippen molar-refractivity contribution >= 4 is 34.8 Å². The number of rotatable bonds is 2. The molecule has 1 amide bonds. The first kappa shape index (κ1) is 12.9. The fourth-order valence-electron chi connectivity index (χ4n) is 1.44. The largest absolute Gasteiger partial charge is 0.322 e. The molecule has 2 rings (SSSR count). The number of nitrogens with one attached hydrogen (secondary N) is 1. The van der Waals surface area contributed by atoms with E-state index in [-0.39, 0.29) is 10.6 Å². The monoisotopic (exact) mass is 283 g/mol. The Balaban J connectivity index is 2.22. The van der Waals surface area contributed by atoms with Gasteiger partial charge in [0.2, 0.25) is 0 Å². The van der Waals surface area contributed by atoms with Crippen molar-refractivity contribution in [2.75, 3.05) is 5.32 Å². The Labute approximate surface area is 113 Å². The topological polar surface area (TPSA) is 29.1 Å². The van der Waals surface area contributed by atoms with Crippen LogP contribution in [0.1, 0.15) is 10.4 Å². The molecule has 0 saturated carbocycles. The fraction of sp³-hybridized carbons (Fsp3) is 0. The second kappa shape index (κ2) is 5.38. The molecule has 0 aliphatic rings. The van der Waals surface area contributed by atoms with Gasteiger partial charge in [-0.3, -0.25) is 4.79 Å². The second-order valence-corrected chi connectivity index (χ2v) is 4.43. The number of carbonyl (C=O) groups excluding carboxylic acids is 1. The molecule has 2 nitrogen and oxygen atoms in total. The maximum Gasteiger partial charge on any atom is 0.257 e. The van der Waals surface area contributed by atoms with Gasteiger partial charge in [-0.15, -0.1) is 0 Å². The third kappa shape index (κ3) is 3.00. The van der Waals surface area contributed by atoms with E-state index in [9.17, 15) is 9.18 Å². The van der Waals surface area contributed by atoms with Gasteiger partial charge < -0.3 is 5.32 Å². The molecule has 2 aromatic carbocycles. The predicted molar refractivity (Wildman–Crippen MR) is 70.8 cm³/mol. The molecule has 0 heterocycles. The molecule has 1 N–H and O–H groups in total. The van der Waals surface area contributed by atoms with Crippen LogP contribution in [0.3, 0.4) is 0 Å². The Morgan fingerprint density at radius 3 is 2.56 bits per heavy atom. The summed E-state index contributed by atoms with van der Waals surface area (Å²) in [6, 6.07) is 10.2. The maximum atomic E-state index is 13.0. The molecular formula is C13H8Cl2FNO. The highest BCUT2D eigenvalue weighted by atomic mass is 35.5. The van der Waals surface area contributed by atoms with Crippen LogP contribution in [0.25, 0.3) is 0 Å². The number of hydrogen-bond donors (Lipinski definition) is 1. The molecule has 0 aromatic heterocycles. The van der Waals surface area contributed by atoms with Gasteiger partial charge in [0.15, 0.2) is 0 Å². The number of halogens is 3. The summed E-state index contributed by atoms with van der Waals surface area (Å²) >= 11 is 11.6. The van der Waals surface area contributed by atoms with Crippen molar-refractivity contribution in [1.29, 1.82) is 0 Å². The van der Waals surface area contributed by atoms with Crippen LogP contribution in [0.4, 0.5) is 10.1 Å². The summed E-state index contributed by atoms with van der Waals surface area (Å²) in [5, 5.41) is 3.25. The zero-order valence-corrected chi connectivity index (χ0v) is 10.6. The Hall–Kier alpha value is -1.58. The van der Waals surface area contributed by atoms with E-state index in [1.54, 1.807) is 12.1 Å². The molecule has 0 aliphatic heterocycles. The molecular weight excluding hydrogens is 276 g/mol. The average molecular weight is 284 g/mol. The number of benzene rings is 2. The van der Waals surface area contributed by atoms with Crippen molar-refractivity contribution in [3.8, 4) is 0 Å². The van der Waals surface area contributed by atoms with E-state index in [0.29, 0.717) is 10.7 Å². The zero-order valence-electron chi connectivity index (χ0n) is 9.08. The van der Waals surface area contributed by atoms with Gasteiger partial charge in [-0.1, -0.05) is 29.3 Å². The van der Waals surface area contributed by atoms with E-state index < -0.39 is 11.7 Å². The molecule has 92 valence electrons. The first-order valence-electron chi connectivity index (χ1n) is 5.08. The Morgan fingerprint density at radius 1 is 1.11 bits per heavy atom. The van der Waals surface area contributed by atoms with Gasteiger partial charge in [-0.25, -0.2) is 4.39 Å². The van der Waals surface area contributed by atoms with Gasteiger partial charge in [-0.05, 0) is 36.4 Å². The van der Waals surface area contributed by atoms with Gasteiger partial charge in [0.05, 0.1) is 10.6 Å². The second-order valence-electron chi connectivity index (χ2n) is 3.59. The molecule has 18 heavy (non-hydrogen) atoms. The van der Waals surface area contributed by atoms with Crippen LogP contribution in [0.5, 0.6) is 0 Å². The van der Waals surface area contributed by atoms with Crippen LogP contribution >= 0.6 is 23.2 Å². The number of hydrogen-bond acceptors (Lipinski definition) is 1. The lowest BCUT2D eigenvalue weighted by atomic mass is 10.2. The molecule has 0 saturated heterocycles. The van der Waals surface area contributed by atoms with E-state index >= 15 is 0 Å². The van der Waals surface area contributed by atoms with Crippen molar-refractivity contribution in [2.24, 2.45) is 0 Å². The Morgan fingerprint density at radius 2 is 1.89 bits per heavy atom. The van der Waals surface area contributed by atoms with Crippen molar-refractivity contribution in [2.45, 2.75) is 0 Å². The Bertz CT molecular complexity index is 601. The maximum absolute atomic E-state index is 13.0. The molecule has 0 radical (unpaired) electrons. The quantitative estimate of drug-likeness (QED) is 0.870. The van der Waals surface area contributed by atoms with Crippen molar-refractivity contribution < 1.29 is 9.18 Å². The summed E-state index contributed by atoms with van der Waals surface area (Å²) in [5.41, 5.74) is 0.649. The van der Waals surface area contributed by atoms with Gasteiger partial charge in [0.1, 0.15) is 5.82 Å². The molecule has 0 atom stereocenters. The van der Waals surface area contributed by atoms with Crippen LogP contribution in [0.15, 0.2) is 42.5 Å². The third-order valence-electron chi connectivity index (χ3n) is 2.26. The fourth-order valence-corrected chi connectivity index (χ4v) is 1.93. The first-order chi connectivity index (χ1) is 8.56. The third-order valence-corrected chi connectivity index (χ3v) is 2.81. The van der Waals surface area contributed by atoms with Crippen LogP contribution in [-0.2, 0) is 0 Å². The average Bonchev–Trinajstić information content (AvgIpc) is 2.28. The van der Waals surface area contributed by atoms with E-state index in [2.05, 4.69) is 5.32 Å². The number of amides is 1. The van der Waals surface area contributed by atoms with E-state index in [1.165, 1.54) is 30.3 Å². The highest BCUT2D eigenvalue weighted by Gasteiger charge is 2.11. The molecule has 0 bridgehead atoms. The first-order valence-corrected chi connectivity index (χ1v) is 5.84. The molecule has 2 aromatic rings. The number of carbonyl (C=O) groups is 1. The van der Waals surface area contributed by atoms with Crippen LogP contribution in [0.2, 0.25) is 10.0 Å². The molecule has 0 aliphatic carbocycles. The van der Waals surface area contributed by atoms with E-state index in [4.69, 9.17) is 23.2 Å². The standard InChI is InChI=1S/C13H8Cl2FNO/c14-8-4-5-11(12(15)6-8)13(18)17-10-3-1-2-9(16)7-10/h1-7H,(H,17,18). The summed E-state index contributed by atoms with van der Waals surface area (Å²) in [4.78, 5) is 11.9. The van der Waals surface area contributed by atoms with Gasteiger partial charge >= 0.3 is 0 Å². The van der Waals surface area contributed by atoms with Crippen molar-refractivity contribution in [3.63, 3.8) is 0 Å². The van der Waals surface area contributed by atoms with Crippen molar-refractivity contribution in [3.05, 3.63) is 63.9 Å². The summed E-state index contributed by atoms with van der Waals surface area (Å²) < 4.78 is 13.0. The van der Waals surface area contributed by atoms with Crippen LogP contribution in [0, 0.1) is 5.82 Å². The summed E-state index contributed by atoms with van der Waals surface area (Å²) in [6.45, 7) is 0. The van der Waals surface area contributed by atoms with Crippen LogP contribution in [-0.4, -0.2) is 5.91 Å². The predicted octanol–water partition coefficient (Wildman–Crippen LogP) is 4.38. The Kier molecular flexibility index (Phi) is 3.84. The lowest BCUT2D eigenvalue weighted by molar-refractivity contribution is 0.102. The minimum absolute atomic E-state index is 0.247. The normalized spacial score (nSPS) is 10.2. The lowest BCUT2D eigenvalue weighted by Crippen LogP contribution is -2.12. The molecule has 0 fully saturated rings. The van der Waals surface area contributed by atoms with Gasteiger partial charge in [0.25, 0.3) is 5.91 Å². The molecule has 0 spiro atoms. The van der Waals surface area contributed by atoms with E-state index in [0.717, 1.165) is 0 Å². The van der Waals surface area contributed by atoms with Crippen molar-refractivity contribution in [1.82, 2.24) is 0 Å². The highest BCUT2D eigenvalue weighted by Crippen LogP contribution is 2.22. The zero-order chi connectivity index (χ0) is 13.1. The smallest absolute Gasteiger partial charge is 0.257 e.